The molecule has 10 N–H and O–H groups in total. The molecule has 14 nitrogen and oxygen atoms in total. The van der Waals surface area contributed by atoms with E-state index in [9.17, 15) is 33.9 Å². The molecule has 1 aromatic carbocycles. The summed E-state index contributed by atoms with van der Waals surface area (Å²) in [7, 11) is 0. The molecule has 1 heterocycles. The molecule has 0 aliphatic heterocycles. The van der Waals surface area contributed by atoms with Gasteiger partial charge in [0.05, 0.1) is 19.0 Å². The van der Waals surface area contributed by atoms with E-state index in [0.29, 0.717) is 5.56 Å². The molecule has 0 saturated heterocycles. The van der Waals surface area contributed by atoms with E-state index < -0.39 is 73.1 Å². The minimum atomic E-state index is -1.39. The van der Waals surface area contributed by atoms with Crippen molar-refractivity contribution in [2.75, 3.05) is 6.54 Å². The Bertz CT molecular complexity index is 1150. The van der Waals surface area contributed by atoms with Gasteiger partial charge < -0.3 is 42.6 Å². The number of aromatic nitrogens is 1. The minimum absolute atomic E-state index is 0.0709. The van der Waals surface area contributed by atoms with E-state index in [2.05, 4.69) is 20.9 Å². The number of fused-ring (bicyclic) bond motifs is 1. The van der Waals surface area contributed by atoms with Gasteiger partial charge in [0.25, 0.3) is 0 Å². The molecule has 0 spiro atoms. The molecule has 2 rings (SSSR count). The first-order valence-electron chi connectivity index (χ1n) is 10.9. The first-order chi connectivity index (χ1) is 17.0. The van der Waals surface area contributed by atoms with E-state index in [4.69, 9.17) is 16.6 Å². The highest BCUT2D eigenvalue weighted by atomic mass is 16.4. The standard InChI is InChI=1S/C22H28N6O8/c23-13(8-17(24)29)20(33)26-10-18(30)27-15(5-6-19(31)32)21(34)28-16(22(35)36)7-11-9-25-14-4-2-1-3-12(11)14/h1-4,9,13,15-16,25H,5-8,10,23H2,(H2,24,29)(H,26,33)(H,27,30)(H,28,34)(H,31,32)(H,35,36). The number of benzene rings is 1. The molecule has 4 amide bonds. The van der Waals surface area contributed by atoms with Crippen molar-refractivity contribution < 1.29 is 39.0 Å². The van der Waals surface area contributed by atoms with Crippen LogP contribution in [0.5, 0.6) is 0 Å². The first-order valence-corrected chi connectivity index (χ1v) is 10.9. The zero-order valence-electron chi connectivity index (χ0n) is 19.2. The van der Waals surface area contributed by atoms with Crippen molar-refractivity contribution >= 4 is 46.5 Å². The smallest absolute Gasteiger partial charge is 0.326 e. The number of primary amides is 1. The number of H-pyrrole nitrogens is 1. The maximum absolute atomic E-state index is 12.8. The zero-order chi connectivity index (χ0) is 26.8. The van der Waals surface area contributed by atoms with Crippen molar-refractivity contribution in [1.82, 2.24) is 20.9 Å². The molecule has 194 valence electrons. The summed E-state index contributed by atoms with van der Waals surface area (Å²) in [5, 5.41) is 26.2. The van der Waals surface area contributed by atoms with Crippen molar-refractivity contribution in [3.63, 3.8) is 0 Å². The van der Waals surface area contributed by atoms with Gasteiger partial charge in [-0.25, -0.2) is 4.79 Å². The lowest BCUT2D eigenvalue weighted by molar-refractivity contribution is -0.143. The van der Waals surface area contributed by atoms with Gasteiger partial charge in [-0.2, -0.15) is 0 Å². The number of rotatable bonds is 14. The molecule has 1 aromatic heterocycles. The number of nitrogens with one attached hydrogen (secondary N) is 4. The van der Waals surface area contributed by atoms with Crippen molar-refractivity contribution in [2.24, 2.45) is 11.5 Å². The van der Waals surface area contributed by atoms with Crippen LogP contribution in [0.2, 0.25) is 0 Å². The van der Waals surface area contributed by atoms with Crippen LogP contribution in [0.15, 0.2) is 30.5 Å². The van der Waals surface area contributed by atoms with Crippen LogP contribution in [0.25, 0.3) is 10.9 Å². The van der Waals surface area contributed by atoms with Gasteiger partial charge >= 0.3 is 11.9 Å². The van der Waals surface area contributed by atoms with Crippen LogP contribution in [0.4, 0.5) is 0 Å². The number of carboxylic acid groups (broad SMARTS) is 2. The fourth-order valence-corrected chi connectivity index (χ4v) is 3.38. The Morgan fingerprint density at radius 2 is 1.67 bits per heavy atom. The van der Waals surface area contributed by atoms with E-state index in [-0.39, 0.29) is 12.8 Å². The molecule has 0 aliphatic carbocycles. The third-order valence-electron chi connectivity index (χ3n) is 5.19. The van der Waals surface area contributed by atoms with Crippen LogP contribution in [0.1, 0.15) is 24.8 Å². The minimum Gasteiger partial charge on any atom is -0.481 e. The lowest BCUT2D eigenvalue weighted by Gasteiger charge is -2.21. The Morgan fingerprint density at radius 3 is 2.31 bits per heavy atom. The Hall–Kier alpha value is -4.46. The Balaban J connectivity index is 2.05. The number of amides is 4. The Labute approximate surface area is 204 Å². The third-order valence-corrected chi connectivity index (χ3v) is 5.19. The average molecular weight is 505 g/mol. The van der Waals surface area contributed by atoms with Gasteiger partial charge in [-0.15, -0.1) is 0 Å². The van der Waals surface area contributed by atoms with Gasteiger partial charge in [0.2, 0.25) is 23.6 Å². The van der Waals surface area contributed by atoms with Crippen LogP contribution in [-0.4, -0.2) is 75.4 Å². The normalized spacial score (nSPS) is 13.2. The summed E-state index contributed by atoms with van der Waals surface area (Å²) in [5.74, 6) is -5.97. The topological polar surface area (TPSA) is 247 Å². The van der Waals surface area contributed by atoms with Gasteiger partial charge in [-0.05, 0) is 18.1 Å². The molecule has 14 heteroatoms. The summed E-state index contributed by atoms with van der Waals surface area (Å²) in [6, 6.07) is 3.16. The van der Waals surface area contributed by atoms with Crippen LogP contribution >= 0.6 is 0 Å². The average Bonchev–Trinajstić information content (AvgIpc) is 3.21. The van der Waals surface area contributed by atoms with Gasteiger partial charge in [0, 0.05) is 29.9 Å². The number of hydrogen-bond donors (Lipinski definition) is 8. The fourth-order valence-electron chi connectivity index (χ4n) is 3.38. The number of nitrogens with two attached hydrogens (primary N) is 2. The number of carbonyl (C=O) groups excluding carboxylic acids is 4. The van der Waals surface area contributed by atoms with Crippen LogP contribution in [0.3, 0.4) is 0 Å². The fraction of sp³-hybridized carbons (Fsp3) is 0.364. The second kappa shape index (κ2) is 12.9. The molecule has 0 radical (unpaired) electrons. The molecule has 2 aromatic rings. The predicted molar refractivity (Wildman–Crippen MR) is 125 cm³/mol. The quantitative estimate of drug-likeness (QED) is 0.141. The molecule has 36 heavy (non-hydrogen) atoms. The second-order valence-electron chi connectivity index (χ2n) is 8.01. The summed E-state index contributed by atoms with van der Waals surface area (Å²) in [6.07, 6.45) is 0.292. The van der Waals surface area contributed by atoms with E-state index in [1.807, 2.05) is 12.1 Å². The number of aromatic amines is 1. The molecule has 0 aliphatic rings. The summed E-state index contributed by atoms with van der Waals surface area (Å²) < 4.78 is 0. The molecular weight excluding hydrogens is 476 g/mol. The lowest BCUT2D eigenvalue weighted by atomic mass is 10.0. The monoisotopic (exact) mass is 504 g/mol. The summed E-state index contributed by atoms with van der Waals surface area (Å²) in [6.45, 7) is -0.625. The largest absolute Gasteiger partial charge is 0.481 e. The number of carbonyl (C=O) groups is 6. The molecule has 0 fully saturated rings. The molecule has 3 atom stereocenters. The van der Waals surface area contributed by atoms with E-state index in [1.165, 1.54) is 0 Å². The Kier molecular flexibility index (Phi) is 9.92. The number of para-hydroxylation sites is 1. The lowest BCUT2D eigenvalue weighted by Crippen LogP contribution is -2.54. The van der Waals surface area contributed by atoms with E-state index in [1.54, 1.807) is 18.3 Å². The number of hydrogen-bond acceptors (Lipinski definition) is 7. The highest BCUT2D eigenvalue weighted by molar-refractivity contribution is 5.94. The second-order valence-corrected chi connectivity index (χ2v) is 8.01. The maximum Gasteiger partial charge on any atom is 0.326 e. The Morgan fingerprint density at radius 1 is 0.972 bits per heavy atom. The molecule has 0 bridgehead atoms. The highest BCUT2D eigenvalue weighted by Crippen LogP contribution is 2.19. The van der Waals surface area contributed by atoms with E-state index in [0.717, 1.165) is 10.9 Å². The summed E-state index contributed by atoms with van der Waals surface area (Å²) in [4.78, 5) is 73.6. The third kappa shape index (κ3) is 8.39. The van der Waals surface area contributed by atoms with Gasteiger partial charge in [0.15, 0.2) is 0 Å². The SMILES string of the molecule is NC(=O)CC(N)C(=O)NCC(=O)NC(CCC(=O)O)C(=O)NC(Cc1c[nH]c2ccccc12)C(=O)O. The number of carboxylic acids is 2. The predicted octanol–water partition coefficient (Wildman–Crippen LogP) is -2.05. The van der Waals surface area contributed by atoms with Gasteiger partial charge in [0.1, 0.15) is 12.1 Å². The number of aliphatic carboxylic acids is 2. The van der Waals surface area contributed by atoms with Crippen molar-refractivity contribution in [3.8, 4) is 0 Å². The van der Waals surface area contributed by atoms with Crippen LogP contribution in [0, 0.1) is 0 Å². The summed E-state index contributed by atoms with van der Waals surface area (Å²) in [5.41, 5.74) is 11.9. The zero-order valence-corrected chi connectivity index (χ0v) is 19.2. The first kappa shape index (κ1) is 27.8. The van der Waals surface area contributed by atoms with Crippen LogP contribution < -0.4 is 27.4 Å². The molecular formula is C22H28N6O8. The molecule has 0 saturated carbocycles. The van der Waals surface area contributed by atoms with Crippen molar-refractivity contribution in [3.05, 3.63) is 36.0 Å². The molecule has 3 unspecified atom stereocenters. The van der Waals surface area contributed by atoms with Gasteiger partial charge in [-0.3, -0.25) is 24.0 Å². The van der Waals surface area contributed by atoms with E-state index >= 15 is 0 Å². The van der Waals surface area contributed by atoms with Crippen LogP contribution in [-0.2, 0) is 35.2 Å². The maximum atomic E-state index is 12.8. The van der Waals surface area contributed by atoms with Crippen molar-refractivity contribution in [1.29, 1.82) is 0 Å². The summed E-state index contributed by atoms with van der Waals surface area (Å²) >= 11 is 0. The highest BCUT2D eigenvalue weighted by Gasteiger charge is 2.28. The van der Waals surface area contributed by atoms with Crippen molar-refractivity contribution in [2.45, 2.75) is 43.8 Å². The van der Waals surface area contributed by atoms with Gasteiger partial charge in [-0.1, -0.05) is 18.2 Å².